The largest absolute Gasteiger partial charge is 0.454 e. The number of carbonyl (C=O) groups excluding carboxylic acids is 1. The van der Waals surface area contributed by atoms with E-state index in [4.69, 9.17) is 9.47 Å². The Labute approximate surface area is 204 Å². The van der Waals surface area contributed by atoms with Crippen molar-refractivity contribution in [1.82, 2.24) is 13.9 Å². The van der Waals surface area contributed by atoms with Gasteiger partial charge in [0, 0.05) is 47.0 Å². The van der Waals surface area contributed by atoms with Crippen LogP contribution in [-0.2, 0) is 21.2 Å². The van der Waals surface area contributed by atoms with Crippen molar-refractivity contribution in [3.8, 4) is 17.6 Å². The van der Waals surface area contributed by atoms with E-state index < -0.39 is 15.7 Å². The summed E-state index contributed by atoms with van der Waals surface area (Å²) < 4.78 is 39.7. The van der Waals surface area contributed by atoms with Crippen LogP contribution in [0.15, 0.2) is 59.4 Å². The summed E-state index contributed by atoms with van der Waals surface area (Å²) in [5, 5.41) is 12.5. The van der Waals surface area contributed by atoms with Gasteiger partial charge in [0.05, 0.1) is 0 Å². The van der Waals surface area contributed by atoms with Crippen molar-refractivity contribution in [2.24, 2.45) is 0 Å². The molecule has 2 aromatic heterocycles. The monoisotopic (exact) mass is 507 g/mol. The third-order valence-electron chi connectivity index (χ3n) is 5.23. The number of nitriles is 1. The minimum Gasteiger partial charge on any atom is -0.454 e. The molecule has 0 saturated heterocycles. The molecule has 12 heteroatoms. The zero-order valence-corrected chi connectivity index (χ0v) is 19.9. The van der Waals surface area contributed by atoms with Gasteiger partial charge in [-0.2, -0.15) is 14.6 Å². The highest BCUT2D eigenvalue weighted by atomic mass is 32.2. The fourth-order valence-electron chi connectivity index (χ4n) is 3.64. The molecule has 0 saturated carbocycles. The molecule has 0 radical (unpaired) electrons. The Hall–Kier alpha value is -4.21. The van der Waals surface area contributed by atoms with Crippen LogP contribution in [0.3, 0.4) is 0 Å². The van der Waals surface area contributed by atoms with Gasteiger partial charge < -0.3 is 14.0 Å². The zero-order chi connectivity index (χ0) is 24.6. The predicted molar refractivity (Wildman–Crippen MR) is 129 cm³/mol. The lowest BCUT2D eigenvalue weighted by Crippen LogP contribution is -2.13. The first-order chi connectivity index (χ1) is 16.8. The molecule has 3 heterocycles. The lowest BCUT2D eigenvalue weighted by Gasteiger charge is -2.06. The number of hydrogen-bond donors (Lipinski definition) is 1. The number of hydrogen-bond acceptors (Lipinski definition) is 9. The third-order valence-corrected chi connectivity index (χ3v) is 6.83. The van der Waals surface area contributed by atoms with Gasteiger partial charge in [0.25, 0.3) is 11.1 Å². The molecule has 1 amide bonds. The van der Waals surface area contributed by atoms with Gasteiger partial charge >= 0.3 is 0 Å². The van der Waals surface area contributed by atoms with E-state index in [-0.39, 0.29) is 22.7 Å². The van der Waals surface area contributed by atoms with Crippen LogP contribution >= 0.6 is 11.5 Å². The molecule has 10 nitrogen and oxygen atoms in total. The molecule has 5 rings (SSSR count). The number of benzene rings is 2. The van der Waals surface area contributed by atoms with E-state index in [0.717, 1.165) is 34.3 Å². The van der Waals surface area contributed by atoms with Crippen molar-refractivity contribution in [2.75, 3.05) is 18.4 Å². The smallest absolute Gasteiger partial charge is 0.268 e. The van der Waals surface area contributed by atoms with Gasteiger partial charge in [-0.15, -0.1) is 0 Å². The molecule has 1 N–H and O–H groups in total. The second-order valence-electron chi connectivity index (χ2n) is 7.70. The average Bonchev–Trinajstić information content (AvgIpc) is 3.56. The fourth-order valence-corrected chi connectivity index (χ4v) is 5.08. The van der Waals surface area contributed by atoms with Gasteiger partial charge in [-0.1, -0.05) is 24.3 Å². The van der Waals surface area contributed by atoms with Crippen LogP contribution in [0.1, 0.15) is 11.1 Å². The molecule has 0 bridgehead atoms. The van der Waals surface area contributed by atoms with Crippen LogP contribution in [0.4, 0.5) is 5.13 Å². The quantitative estimate of drug-likeness (QED) is 0.310. The van der Waals surface area contributed by atoms with E-state index in [1.54, 1.807) is 0 Å². The van der Waals surface area contributed by atoms with Crippen LogP contribution in [0.5, 0.6) is 11.5 Å². The minimum atomic E-state index is -3.60. The molecule has 1 aliphatic heterocycles. The maximum absolute atomic E-state index is 12.7. The Balaban J connectivity index is 1.44. The standard InChI is InChI=1S/C23H17N5O5S2/c1-35(30,31)23-26-22(34-27-23)25-21(29)15(10-24)9-16-12-28(18-5-3-2-4-17(16)18)11-14-6-7-19-20(8-14)33-13-32-19/h2-9,12H,11,13H2,1H3,(H,25,26,27,29)/b15-9-. The number of amides is 1. The molecular weight excluding hydrogens is 490 g/mol. The Bertz CT molecular complexity index is 1650. The maximum Gasteiger partial charge on any atom is 0.268 e. The predicted octanol–water partition coefficient (Wildman–Crippen LogP) is 3.22. The van der Waals surface area contributed by atoms with E-state index >= 15 is 0 Å². The Morgan fingerprint density at radius 3 is 2.83 bits per heavy atom. The average molecular weight is 508 g/mol. The van der Waals surface area contributed by atoms with E-state index in [1.165, 1.54) is 6.08 Å². The molecule has 0 aliphatic carbocycles. The van der Waals surface area contributed by atoms with E-state index in [1.807, 2.05) is 59.3 Å². The fraction of sp³-hybridized carbons (Fsp3) is 0.130. The molecular formula is C23H17N5O5S2. The molecule has 0 atom stereocenters. The highest BCUT2D eigenvalue weighted by Crippen LogP contribution is 2.33. The molecule has 35 heavy (non-hydrogen) atoms. The number of fused-ring (bicyclic) bond motifs is 2. The first-order valence-corrected chi connectivity index (χ1v) is 12.9. The first kappa shape index (κ1) is 22.6. The Kier molecular flexibility index (Phi) is 5.72. The lowest BCUT2D eigenvalue weighted by atomic mass is 10.1. The van der Waals surface area contributed by atoms with Gasteiger partial charge in [0.2, 0.25) is 21.8 Å². The number of aromatic nitrogens is 3. The van der Waals surface area contributed by atoms with Crippen molar-refractivity contribution in [3.63, 3.8) is 0 Å². The molecule has 2 aromatic carbocycles. The van der Waals surface area contributed by atoms with Crippen LogP contribution in [-0.4, -0.2) is 41.3 Å². The van der Waals surface area contributed by atoms with Gasteiger partial charge in [-0.05, 0) is 29.8 Å². The first-order valence-electron chi connectivity index (χ1n) is 10.2. The topological polar surface area (TPSA) is 136 Å². The molecule has 0 unspecified atom stereocenters. The number of nitrogens with zero attached hydrogens (tertiary/aromatic N) is 4. The SMILES string of the molecule is CS(=O)(=O)c1nsc(NC(=O)/C(C#N)=C\c2cn(Cc3ccc4c(c3)OCO4)c3ccccc23)n1. The molecule has 4 aromatic rings. The van der Waals surface area contributed by atoms with E-state index in [9.17, 15) is 18.5 Å². The van der Waals surface area contributed by atoms with Gasteiger partial charge in [-0.3, -0.25) is 10.1 Å². The second-order valence-corrected chi connectivity index (χ2v) is 10.4. The molecule has 176 valence electrons. The van der Waals surface area contributed by atoms with E-state index in [2.05, 4.69) is 14.7 Å². The van der Waals surface area contributed by atoms with Gasteiger partial charge in [0.1, 0.15) is 11.6 Å². The summed E-state index contributed by atoms with van der Waals surface area (Å²) >= 11 is 0.723. The summed E-state index contributed by atoms with van der Waals surface area (Å²) in [6.07, 6.45) is 4.33. The number of carbonyl (C=O) groups is 1. The Morgan fingerprint density at radius 2 is 2.06 bits per heavy atom. The zero-order valence-electron chi connectivity index (χ0n) is 18.3. The number of para-hydroxylation sites is 1. The summed E-state index contributed by atoms with van der Waals surface area (Å²) in [7, 11) is -3.60. The van der Waals surface area contributed by atoms with Crippen LogP contribution in [0.2, 0.25) is 0 Å². The number of sulfone groups is 1. The molecule has 0 fully saturated rings. The summed E-state index contributed by atoms with van der Waals surface area (Å²) in [4.78, 5) is 16.5. The van der Waals surface area contributed by atoms with Gasteiger partial charge in [0.15, 0.2) is 11.5 Å². The summed E-state index contributed by atoms with van der Waals surface area (Å²) in [6, 6.07) is 15.3. The van der Waals surface area contributed by atoms with Crippen LogP contribution < -0.4 is 14.8 Å². The highest BCUT2D eigenvalue weighted by Gasteiger charge is 2.19. The van der Waals surface area contributed by atoms with Crippen molar-refractivity contribution in [1.29, 1.82) is 5.26 Å². The third kappa shape index (κ3) is 4.59. The summed E-state index contributed by atoms with van der Waals surface area (Å²) in [5.41, 5.74) is 2.45. The highest BCUT2D eigenvalue weighted by molar-refractivity contribution is 7.90. The summed E-state index contributed by atoms with van der Waals surface area (Å²) in [5.74, 6) is 0.688. The maximum atomic E-state index is 12.7. The Morgan fingerprint density at radius 1 is 1.26 bits per heavy atom. The number of ether oxygens (including phenoxy) is 2. The lowest BCUT2D eigenvalue weighted by molar-refractivity contribution is -0.112. The van der Waals surface area contributed by atoms with Gasteiger partial charge in [-0.25, -0.2) is 8.42 Å². The normalized spacial score (nSPS) is 13.1. The van der Waals surface area contributed by atoms with Crippen LogP contribution in [0, 0.1) is 11.3 Å². The van der Waals surface area contributed by atoms with Crippen molar-refractivity contribution >= 4 is 49.4 Å². The second kappa shape index (κ2) is 8.86. The van der Waals surface area contributed by atoms with Crippen LogP contribution in [0.25, 0.3) is 17.0 Å². The number of nitrogens with one attached hydrogen (secondary N) is 1. The number of rotatable bonds is 6. The van der Waals surface area contributed by atoms with Crippen molar-refractivity contribution < 1.29 is 22.7 Å². The minimum absolute atomic E-state index is 0.0122. The molecule has 1 aliphatic rings. The van der Waals surface area contributed by atoms with Crippen molar-refractivity contribution in [2.45, 2.75) is 11.7 Å². The number of anilines is 1. The molecule has 0 spiro atoms. The van der Waals surface area contributed by atoms with E-state index in [0.29, 0.717) is 23.6 Å². The van der Waals surface area contributed by atoms with Crippen molar-refractivity contribution in [3.05, 3.63) is 65.4 Å². The summed E-state index contributed by atoms with van der Waals surface area (Å²) in [6.45, 7) is 0.740.